The monoisotopic (exact) mass is 403 g/mol. The first-order chi connectivity index (χ1) is 13.6. The second-order valence-corrected chi connectivity index (χ2v) is 8.05. The molecule has 0 aliphatic rings. The normalized spacial score (nSPS) is 14.0. The van der Waals surface area contributed by atoms with Crippen molar-refractivity contribution in [3.05, 3.63) is 35.9 Å². The fourth-order valence-electron chi connectivity index (χ4n) is 3.01. The third-order valence-electron chi connectivity index (χ3n) is 4.44. The molecule has 0 heterocycles. The van der Waals surface area contributed by atoms with E-state index >= 15 is 0 Å². The smallest absolute Gasteiger partial charge is 0.243 e. The SMILES string of the molecule is CC(=O)N[C@H](C(=O)N[C@H](Cc1ccccc1)C(=O)N[C@@H](C=O)CC(C)C)C(C)C. The first kappa shape index (κ1) is 24.3. The highest BCUT2D eigenvalue weighted by Gasteiger charge is 2.29. The topological polar surface area (TPSA) is 104 Å². The average Bonchev–Trinajstić information content (AvgIpc) is 2.64. The van der Waals surface area contributed by atoms with Crippen LogP contribution in [0.25, 0.3) is 0 Å². The number of amides is 3. The standard InChI is InChI=1S/C22H33N3O4/c1-14(2)11-18(13-26)24-21(28)19(12-17-9-7-6-8-10-17)25-22(29)20(15(3)4)23-16(5)27/h6-10,13-15,18-20H,11-12H2,1-5H3,(H,23,27)(H,24,28)(H,25,29)/t18-,19-,20+/m1/s1. The number of aldehydes is 1. The van der Waals surface area contributed by atoms with E-state index in [1.165, 1.54) is 6.92 Å². The highest BCUT2D eigenvalue weighted by atomic mass is 16.2. The van der Waals surface area contributed by atoms with Crippen molar-refractivity contribution in [2.75, 3.05) is 0 Å². The van der Waals surface area contributed by atoms with Gasteiger partial charge < -0.3 is 20.7 Å². The van der Waals surface area contributed by atoms with E-state index < -0.39 is 29.9 Å². The van der Waals surface area contributed by atoms with Crippen LogP contribution in [0, 0.1) is 11.8 Å². The Kier molecular flexibility index (Phi) is 10.1. The van der Waals surface area contributed by atoms with Gasteiger partial charge in [0.05, 0.1) is 6.04 Å². The Morgan fingerprint density at radius 1 is 0.931 bits per heavy atom. The molecule has 0 spiro atoms. The molecule has 7 heteroatoms. The van der Waals surface area contributed by atoms with Crippen molar-refractivity contribution in [1.82, 2.24) is 16.0 Å². The molecule has 1 aromatic rings. The molecule has 0 saturated heterocycles. The molecule has 0 radical (unpaired) electrons. The molecule has 160 valence electrons. The van der Waals surface area contributed by atoms with Crippen molar-refractivity contribution < 1.29 is 19.2 Å². The van der Waals surface area contributed by atoms with Crippen LogP contribution in [0.3, 0.4) is 0 Å². The van der Waals surface area contributed by atoms with Crippen molar-refractivity contribution in [1.29, 1.82) is 0 Å². The van der Waals surface area contributed by atoms with E-state index in [0.717, 1.165) is 5.56 Å². The summed E-state index contributed by atoms with van der Waals surface area (Å²) in [7, 11) is 0. The highest BCUT2D eigenvalue weighted by molar-refractivity contribution is 5.92. The van der Waals surface area contributed by atoms with Gasteiger partial charge in [0.2, 0.25) is 17.7 Å². The van der Waals surface area contributed by atoms with Gasteiger partial charge in [0.15, 0.2) is 0 Å². The number of carbonyl (C=O) groups excluding carboxylic acids is 4. The molecule has 3 amide bonds. The Bertz CT molecular complexity index is 689. The number of hydrogen-bond acceptors (Lipinski definition) is 4. The Labute approximate surface area is 173 Å². The van der Waals surface area contributed by atoms with Crippen LogP contribution in [0.2, 0.25) is 0 Å². The van der Waals surface area contributed by atoms with Crippen molar-refractivity contribution in [3.63, 3.8) is 0 Å². The van der Waals surface area contributed by atoms with E-state index in [-0.39, 0.29) is 24.2 Å². The Balaban J connectivity index is 3.00. The minimum absolute atomic E-state index is 0.150. The maximum Gasteiger partial charge on any atom is 0.243 e. The van der Waals surface area contributed by atoms with Gasteiger partial charge in [-0.3, -0.25) is 14.4 Å². The largest absolute Gasteiger partial charge is 0.345 e. The molecular formula is C22H33N3O4. The van der Waals surface area contributed by atoms with Gasteiger partial charge in [0, 0.05) is 13.3 Å². The fourth-order valence-corrected chi connectivity index (χ4v) is 3.01. The molecule has 0 aliphatic carbocycles. The summed E-state index contributed by atoms with van der Waals surface area (Å²) in [5.74, 6) is -1.09. The van der Waals surface area contributed by atoms with E-state index in [2.05, 4.69) is 16.0 Å². The third-order valence-corrected chi connectivity index (χ3v) is 4.44. The molecule has 0 aliphatic heterocycles. The summed E-state index contributed by atoms with van der Waals surface area (Å²) in [6.07, 6.45) is 1.51. The van der Waals surface area contributed by atoms with Gasteiger partial charge in [-0.1, -0.05) is 58.0 Å². The molecule has 7 nitrogen and oxygen atoms in total. The lowest BCUT2D eigenvalue weighted by molar-refractivity contribution is -0.133. The summed E-state index contributed by atoms with van der Waals surface area (Å²) in [5, 5.41) is 8.10. The van der Waals surface area contributed by atoms with Gasteiger partial charge in [-0.05, 0) is 23.8 Å². The molecule has 0 unspecified atom stereocenters. The number of carbonyl (C=O) groups is 4. The summed E-state index contributed by atoms with van der Waals surface area (Å²) in [5.41, 5.74) is 0.875. The van der Waals surface area contributed by atoms with Crippen molar-refractivity contribution in [2.45, 2.75) is 65.6 Å². The quantitative estimate of drug-likeness (QED) is 0.488. The van der Waals surface area contributed by atoms with Crippen LogP contribution in [0.5, 0.6) is 0 Å². The lowest BCUT2D eigenvalue weighted by Gasteiger charge is -2.26. The second kappa shape index (κ2) is 12.0. The number of benzene rings is 1. The van der Waals surface area contributed by atoms with Crippen LogP contribution in [-0.4, -0.2) is 42.1 Å². The molecule has 3 N–H and O–H groups in total. The molecule has 0 bridgehead atoms. The minimum atomic E-state index is -0.866. The van der Waals surface area contributed by atoms with E-state index in [0.29, 0.717) is 12.7 Å². The van der Waals surface area contributed by atoms with Gasteiger partial charge >= 0.3 is 0 Å². The molecular weight excluding hydrogens is 370 g/mol. The van der Waals surface area contributed by atoms with Crippen LogP contribution in [0.1, 0.15) is 46.6 Å². The highest BCUT2D eigenvalue weighted by Crippen LogP contribution is 2.08. The van der Waals surface area contributed by atoms with E-state index in [9.17, 15) is 19.2 Å². The number of hydrogen-bond donors (Lipinski definition) is 3. The Morgan fingerprint density at radius 2 is 1.55 bits per heavy atom. The maximum atomic E-state index is 12.9. The number of rotatable bonds is 11. The first-order valence-corrected chi connectivity index (χ1v) is 10.0. The average molecular weight is 404 g/mol. The fraction of sp³-hybridized carbons (Fsp3) is 0.545. The summed E-state index contributed by atoms with van der Waals surface area (Å²) in [4.78, 5) is 48.5. The van der Waals surface area contributed by atoms with Crippen molar-refractivity contribution in [2.24, 2.45) is 11.8 Å². The van der Waals surface area contributed by atoms with Crippen LogP contribution >= 0.6 is 0 Å². The summed E-state index contributed by atoms with van der Waals surface area (Å²) in [6, 6.07) is 7.07. The summed E-state index contributed by atoms with van der Waals surface area (Å²) in [6.45, 7) is 8.91. The van der Waals surface area contributed by atoms with E-state index in [4.69, 9.17) is 0 Å². The van der Waals surface area contributed by atoms with Gasteiger partial charge in [-0.15, -0.1) is 0 Å². The molecule has 1 rings (SSSR count). The van der Waals surface area contributed by atoms with Crippen molar-refractivity contribution >= 4 is 24.0 Å². The summed E-state index contributed by atoms with van der Waals surface area (Å²) >= 11 is 0. The lowest BCUT2D eigenvalue weighted by atomic mass is 10.00. The van der Waals surface area contributed by atoms with Gasteiger partial charge in [0.25, 0.3) is 0 Å². The predicted octanol–water partition coefficient (Wildman–Crippen LogP) is 1.60. The first-order valence-electron chi connectivity index (χ1n) is 10.0. The van der Waals surface area contributed by atoms with Gasteiger partial charge in [-0.2, -0.15) is 0 Å². The third kappa shape index (κ3) is 8.89. The molecule has 1 aromatic carbocycles. The summed E-state index contributed by atoms with van der Waals surface area (Å²) < 4.78 is 0. The molecule has 3 atom stereocenters. The molecule has 29 heavy (non-hydrogen) atoms. The second-order valence-electron chi connectivity index (χ2n) is 8.05. The zero-order valence-corrected chi connectivity index (χ0v) is 17.9. The Hall–Kier alpha value is -2.70. The zero-order valence-electron chi connectivity index (χ0n) is 17.9. The molecule has 0 saturated carbocycles. The van der Waals surface area contributed by atoms with Gasteiger partial charge in [-0.25, -0.2) is 0 Å². The minimum Gasteiger partial charge on any atom is -0.345 e. The molecule has 0 fully saturated rings. The van der Waals surface area contributed by atoms with Crippen LogP contribution in [0.4, 0.5) is 0 Å². The number of nitrogens with one attached hydrogen (secondary N) is 3. The van der Waals surface area contributed by atoms with Crippen LogP contribution in [0.15, 0.2) is 30.3 Å². The van der Waals surface area contributed by atoms with Crippen LogP contribution < -0.4 is 16.0 Å². The predicted molar refractivity (Wildman–Crippen MR) is 112 cm³/mol. The maximum absolute atomic E-state index is 12.9. The molecule has 0 aromatic heterocycles. The van der Waals surface area contributed by atoms with Crippen LogP contribution in [-0.2, 0) is 25.6 Å². The zero-order chi connectivity index (χ0) is 22.0. The van der Waals surface area contributed by atoms with Gasteiger partial charge in [0.1, 0.15) is 18.4 Å². The van der Waals surface area contributed by atoms with E-state index in [1.54, 1.807) is 0 Å². The van der Waals surface area contributed by atoms with Crippen molar-refractivity contribution in [3.8, 4) is 0 Å². The lowest BCUT2D eigenvalue weighted by Crippen LogP contribution is -2.56. The van der Waals surface area contributed by atoms with E-state index in [1.807, 2.05) is 58.0 Å². The Morgan fingerprint density at radius 3 is 2.03 bits per heavy atom.